The fourth-order valence-electron chi connectivity index (χ4n) is 2.76. The zero-order valence-electron chi connectivity index (χ0n) is 15.1. The van der Waals surface area contributed by atoms with Gasteiger partial charge in [-0.2, -0.15) is 0 Å². The van der Waals surface area contributed by atoms with Crippen LogP contribution in [-0.4, -0.2) is 16.0 Å². The van der Waals surface area contributed by atoms with Crippen LogP contribution in [0.3, 0.4) is 0 Å². The summed E-state index contributed by atoms with van der Waals surface area (Å²) >= 11 is 23.2. The number of nitrogens with one attached hydrogen (secondary N) is 2. The standard InChI is InChI=1S/C21H12Cl3N3O2S/c22-12-4-6-15(16(24)9-12)19(28)27-21(30)25-14-3-1-2-11(8-14)20-26-17-10-13(23)5-7-18(17)29-20/h1-10H,(H2,25,27,28,30). The number of nitrogens with zero attached hydrogens (tertiary/aromatic N) is 1. The summed E-state index contributed by atoms with van der Waals surface area (Å²) in [5, 5.41) is 6.94. The molecule has 1 amide bonds. The van der Waals surface area contributed by atoms with E-state index in [1.54, 1.807) is 36.4 Å². The van der Waals surface area contributed by atoms with Gasteiger partial charge in [0.05, 0.1) is 10.6 Å². The number of rotatable bonds is 3. The van der Waals surface area contributed by atoms with Crippen molar-refractivity contribution in [1.29, 1.82) is 0 Å². The average molecular weight is 477 g/mol. The molecule has 0 saturated carbocycles. The quantitative estimate of drug-likeness (QED) is 0.327. The van der Waals surface area contributed by atoms with Crippen LogP contribution < -0.4 is 10.6 Å². The summed E-state index contributed by atoms with van der Waals surface area (Å²) in [4.78, 5) is 16.9. The lowest BCUT2D eigenvalue weighted by molar-refractivity contribution is 0.0978. The SMILES string of the molecule is O=C(NC(=S)Nc1cccc(-c2nc3cc(Cl)ccc3o2)c1)c1ccc(Cl)cc1Cl. The van der Waals surface area contributed by atoms with E-state index in [2.05, 4.69) is 15.6 Å². The zero-order valence-corrected chi connectivity index (χ0v) is 18.2. The number of hydrogen-bond acceptors (Lipinski definition) is 4. The minimum atomic E-state index is -0.443. The first-order valence-electron chi connectivity index (χ1n) is 8.63. The zero-order chi connectivity index (χ0) is 21.3. The lowest BCUT2D eigenvalue weighted by atomic mass is 10.2. The molecule has 0 unspecified atom stereocenters. The van der Waals surface area contributed by atoms with Gasteiger partial charge in [0.1, 0.15) is 5.52 Å². The van der Waals surface area contributed by atoms with Gasteiger partial charge < -0.3 is 9.73 Å². The molecule has 0 aliphatic carbocycles. The lowest BCUT2D eigenvalue weighted by Gasteiger charge is -2.11. The van der Waals surface area contributed by atoms with Crippen molar-refractivity contribution in [2.75, 3.05) is 5.32 Å². The number of fused-ring (bicyclic) bond motifs is 1. The van der Waals surface area contributed by atoms with Crippen LogP contribution >= 0.6 is 47.0 Å². The highest BCUT2D eigenvalue weighted by atomic mass is 35.5. The second-order valence-corrected chi connectivity index (χ2v) is 7.93. The molecule has 0 spiro atoms. The first-order valence-corrected chi connectivity index (χ1v) is 10.2. The molecular weight excluding hydrogens is 465 g/mol. The molecule has 0 radical (unpaired) electrons. The molecule has 30 heavy (non-hydrogen) atoms. The number of aromatic nitrogens is 1. The smallest absolute Gasteiger partial charge is 0.258 e. The van der Waals surface area contributed by atoms with Crippen molar-refractivity contribution in [3.63, 3.8) is 0 Å². The predicted molar refractivity (Wildman–Crippen MR) is 125 cm³/mol. The van der Waals surface area contributed by atoms with Gasteiger partial charge in [-0.05, 0) is 66.8 Å². The van der Waals surface area contributed by atoms with Crippen LogP contribution in [0.1, 0.15) is 10.4 Å². The van der Waals surface area contributed by atoms with Crippen LogP contribution in [0.15, 0.2) is 65.1 Å². The molecule has 4 rings (SSSR count). The van der Waals surface area contributed by atoms with Crippen molar-refractivity contribution in [3.8, 4) is 11.5 Å². The number of thiocarbonyl (C=S) groups is 1. The third-order valence-corrected chi connectivity index (χ3v) is 5.11. The Balaban J connectivity index is 1.49. The molecule has 1 heterocycles. The highest BCUT2D eigenvalue weighted by Gasteiger charge is 2.13. The molecule has 0 aliphatic rings. The molecular formula is C21H12Cl3N3O2S. The molecule has 5 nitrogen and oxygen atoms in total. The predicted octanol–water partition coefficient (Wildman–Crippen LogP) is 6.58. The summed E-state index contributed by atoms with van der Waals surface area (Å²) in [6.45, 7) is 0. The van der Waals surface area contributed by atoms with Crippen LogP contribution in [0.5, 0.6) is 0 Å². The van der Waals surface area contributed by atoms with Gasteiger partial charge in [0.25, 0.3) is 5.91 Å². The Labute approximate surface area is 192 Å². The Morgan fingerprint density at radius 3 is 2.53 bits per heavy atom. The van der Waals surface area contributed by atoms with Crippen LogP contribution in [0.2, 0.25) is 15.1 Å². The Morgan fingerprint density at radius 2 is 1.73 bits per heavy atom. The molecule has 3 aromatic carbocycles. The van der Waals surface area contributed by atoms with Gasteiger partial charge in [-0.3, -0.25) is 10.1 Å². The Hall–Kier alpha value is -2.64. The van der Waals surface area contributed by atoms with E-state index in [9.17, 15) is 4.79 Å². The van der Waals surface area contributed by atoms with E-state index in [4.69, 9.17) is 51.4 Å². The second kappa shape index (κ2) is 8.62. The number of halogens is 3. The van der Waals surface area contributed by atoms with E-state index < -0.39 is 5.91 Å². The van der Waals surface area contributed by atoms with Crippen LogP contribution in [0, 0.1) is 0 Å². The largest absolute Gasteiger partial charge is 0.436 e. The molecule has 0 saturated heterocycles. The van der Waals surface area contributed by atoms with E-state index >= 15 is 0 Å². The maximum Gasteiger partial charge on any atom is 0.258 e. The minimum Gasteiger partial charge on any atom is -0.436 e. The first-order chi connectivity index (χ1) is 14.4. The van der Waals surface area contributed by atoms with Crippen molar-refractivity contribution in [2.24, 2.45) is 0 Å². The van der Waals surface area contributed by atoms with E-state index in [0.29, 0.717) is 32.7 Å². The molecule has 0 fully saturated rings. The summed E-state index contributed by atoms with van der Waals surface area (Å²) in [6.07, 6.45) is 0. The van der Waals surface area contributed by atoms with Gasteiger partial charge in [-0.15, -0.1) is 0 Å². The summed E-state index contributed by atoms with van der Waals surface area (Å²) in [5.41, 5.74) is 2.96. The van der Waals surface area contributed by atoms with Gasteiger partial charge in [0.15, 0.2) is 10.7 Å². The maximum atomic E-state index is 12.4. The number of hydrogen-bond donors (Lipinski definition) is 2. The fourth-order valence-corrected chi connectivity index (χ4v) is 3.63. The van der Waals surface area contributed by atoms with E-state index in [1.165, 1.54) is 12.1 Å². The van der Waals surface area contributed by atoms with Crippen molar-refractivity contribution >= 4 is 74.8 Å². The number of oxazole rings is 1. The van der Waals surface area contributed by atoms with E-state index in [1.807, 2.05) is 12.1 Å². The highest BCUT2D eigenvalue weighted by Crippen LogP contribution is 2.27. The molecule has 0 atom stereocenters. The molecule has 150 valence electrons. The van der Waals surface area contributed by atoms with E-state index in [0.717, 1.165) is 5.56 Å². The third-order valence-electron chi connectivity index (χ3n) is 4.12. The molecule has 0 bridgehead atoms. The van der Waals surface area contributed by atoms with Crippen molar-refractivity contribution in [2.45, 2.75) is 0 Å². The lowest BCUT2D eigenvalue weighted by Crippen LogP contribution is -2.34. The number of carbonyl (C=O) groups excluding carboxylic acids is 1. The number of benzene rings is 3. The highest BCUT2D eigenvalue weighted by molar-refractivity contribution is 7.80. The van der Waals surface area contributed by atoms with Crippen LogP contribution in [0.4, 0.5) is 5.69 Å². The average Bonchev–Trinajstić information content (AvgIpc) is 3.11. The van der Waals surface area contributed by atoms with Gasteiger partial charge in [0.2, 0.25) is 5.89 Å². The molecule has 1 aromatic heterocycles. The normalized spacial score (nSPS) is 10.8. The monoisotopic (exact) mass is 475 g/mol. The van der Waals surface area contributed by atoms with Gasteiger partial charge in [-0.1, -0.05) is 40.9 Å². The third kappa shape index (κ3) is 4.57. The fraction of sp³-hybridized carbons (Fsp3) is 0. The minimum absolute atomic E-state index is 0.118. The summed E-state index contributed by atoms with van der Waals surface area (Å²) in [6, 6.07) is 17.1. The molecule has 4 aromatic rings. The van der Waals surface area contributed by atoms with Gasteiger partial charge in [-0.25, -0.2) is 4.98 Å². The topological polar surface area (TPSA) is 67.2 Å². The van der Waals surface area contributed by atoms with Crippen LogP contribution in [-0.2, 0) is 0 Å². The molecule has 0 aliphatic heterocycles. The van der Waals surface area contributed by atoms with Crippen molar-refractivity contribution < 1.29 is 9.21 Å². The van der Waals surface area contributed by atoms with Crippen LogP contribution in [0.25, 0.3) is 22.6 Å². The first kappa shape index (κ1) is 20.6. The number of anilines is 1. The Morgan fingerprint density at radius 1 is 0.967 bits per heavy atom. The summed E-state index contributed by atoms with van der Waals surface area (Å²) in [5.74, 6) is -0.0000301. The van der Waals surface area contributed by atoms with Crippen molar-refractivity contribution in [3.05, 3.63) is 81.3 Å². The maximum absolute atomic E-state index is 12.4. The molecule has 2 N–H and O–H groups in total. The van der Waals surface area contributed by atoms with Gasteiger partial charge >= 0.3 is 0 Å². The molecule has 9 heteroatoms. The second-order valence-electron chi connectivity index (χ2n) is 6.24. The summed E-state index contributed by atoms with van der Waals surface area (Å²) < 4.78 is 5.79. The summed E-state index contributed by atoms with van der Waals surface area (Å²) in [7, 11) is 0. The van der Waals surface area contributed by atoms with E-state index in [-0.39, 0.29) is 15.7 Å². The van der Waals surface area contributed by atoms with Gasteiger partial charge in [0, 0.05) is 21.3 Å². The number of carbonyl (C=O) groups is 1. The number of amides is 1. The Kier molecular flexibility index (Phi) is 5.92. The Bertz CT molecular complexity index is 1290. The van der Waals surface area contributed by atoms with Crippen molar-refractivity contribution in [1.82, 2.24) is 10.3 Å².